The van der Waals surface area contributed by atoms with Gasteiger partial charge in [-0.25, -0.2) is 13.4 Å². The van der Waals surface area contributed by atoms with Gasteiger partial charge < -0.3 is 10.0 Å². The zero-order valence-electron chi connectivity index (χ0n) is 18.2. The van der Waals surface area contributed by atoms with Crippen LogP contribution in [0.3, 0.4) is 0 Å². The van der Waals surface area contributed by atoms with E-state index < -0.39 is 22.1 Å². The Kier molecular flexibility index (Phi) is 5.94. The van der Waals surface area contributed by atoms with Crippen LogP contribution in [0.2, 0.25) is 0 Å². The molecule has 10 heteroatoms. The number of aliphatic hydroxyl groups is 1. The highest BCUT2D eigenvalue weighted by Gasteiger charge is 2.50. The standard InChI is InChI=1S/C23H26N4O4S2/c1-15(18-5-2-3-10-24-18)26-12-16(13-28)20-6-4-7-21(23(26)29)27(20)33(30,31)17-8-9-19-22(11-17)32-14-25-19/h2-3,5,8-11,14-16,20-21,28H,4,6-7,12-13H2,1H3/t15-,16+,20+,21-/m0/s1. The van der Waals surface area contributed by atoms with E-state index in [0.717, 1.165) is 22.3 Å². The van der Waals surface area contributed by atoms with E-state index in [1.54, 1.807) is 34.8 Å². The summed E-state index contributed by atoms with van der Waals surface area (Å²) in [5.41, 5.74) is 3.17. The molecule has 0 unspecified atom stereocenters. The number of piperidine rings is 1. The van der Waals surface area contributed by atoms with Crippen LogP contribution < -0.4 is 0 Å². The molecule has 0 saturated carbocycles. The first-order valence-electron chi connectivity index (χ1n) is 11.1. The van der Waals surface area contributed by atoms with Gasteiger partial charge in [-0.1, -0.05) is 6.07 Å². The molecule has 174 valence electrons. The number of aliphatic hydroxyl groups excluding tert-OH is 1. The maximum absolute atomic E-state index is 13.9. The van der Waals surface area contributed by atoms with Gasteiger partial charge in [-0.2, -0.15) is 4.31 Å². The number of benzene rings is 1. The van der Waals surface area contributed by atoms with Gasteiger partial charge in [0.1, 0.15) is 6.04 Å². The number of carbonyl (C=O) groups excluding carboxylic acids is 1. The van der Waals surface area contributed by atoms with Crippen LogP contribution in [-0.4, -0.2) is 63.8 Å². The first-order chi connectivity index (χ1) is 15.9. The lowest BCUT2D eigenvalue weighted by molar-refractivity contribution is -0.137. The highest BCUT2D eigenvalue weighted by Crippen LogP contribution is 2.39. The molecule has 2 aromatic heterocycles. The summed E-state index contributed by atoms with van der Waals surface area (Å²) in [6.07, 6.45) is 3.50. The van der Waals surface area contributed by atoms with E-state index in [9.17, 15) is 18.3 Å². The molecule has 2 saturated heterocycles. The van der Waals surface area contributed by atoms with Gasteiger partial charge in [0.15, 0.2) is 0 Å². The molecule has 33 heavy (non-hydrogen) atoms. The molecular weight excluding hydrogens is 460 g/mol. The van der Waals surface area contributed by atoms with Crippen molar-refractivity contribution in [3.63, 3.8) is 0 Å². The van der Waals surface area contributed by atoms with E-state index >= 15 is 0 Å². The minimum atomic E-state index is -3.97. The Morgan fingerprint density at radius 2 is 2.06 bits per heavy atom. The molecule has 4 heterocycles. The number of sulfonamides is 1. The number of amides is 1. The predicted molar refractivity (Wildman–Crippen MR) is 125 cm³/mol. The summed E-state index contributed by atoms with van der Waals surface area (Å²) >= 11 is 1.38. The van der Waals surface area contributed by atoms with Gasteiger partial charge in [0.25, 0.3) is 0 Å². The molecule has 0 aliphatic carbocycles. The minimum Gasteiger partial charge on any atom is -0.396 e. The number of nitrogens with zero attached hydrogens (tertiary/aromatic N) is 4. The molecule has 0 spiro atoms. The molecule has 3 aromatic rings. The van der Waals surface area contributed by atoms with Crippen molar-refractivity contribution in [2.75, 3.05) is 13.2 Å². The van der Waals surface area contributed by atoms with Gasteiger partial charge in [0, 0.05) is 31.3 Å². The summed E-state index contributed by atoms with van der Waals surface area (Å²) in [5.74, 6) is -0.608. The molecule has 5 rings (SSSR count). The first-order valence-corrected chi connectivity index (χ1v) is 13.4. The number of carbonyl (C=O) groups is 1. The maximum atomic E-state index is 13.9. The fraction of sp³-hybridized carbons (Fsp3) is 0.435. The monoisotopic (exact) mass is 486 g/mol. The number of rotatable bonds is 5. The van der Waals surface area contributed by atoms with Crippen LogP contribution >= 0.6 is 11.3 Å². The van der Waals surface area contributed by atoms with Crippen LogP contribution in [0.25, 0.3) is 10.2 Å². The lowest BCUT2D eigenvalue weighted by atomic mass is 9.91. The first kappa shape index (κ1) is 22.4. The van der Waals surface area contributed by atoms with Gasteiger partial charge in [0.2, 0.25) is 15.9 Å². The Hall–Kier alpha value is -2.40. The average molecular weight is 487 g/mol. The number of hydrogen-bond acceptors (Lipinski definition) is 7. The molecule has 2 bridgehead atoms. The smallest absolute Gasteiger partial charge is 0.244 e. The summed E-state index contributed by atoms with van der Waals surface area (Å²) in [6, 6.07) is 8.88. The highest BCUT2D eigenvalue weighted by atomic mass is 32.2. The third-order valence-corrected chi connectivity index (χ3v) is 9.57. The zero-order valence-corrected chi connectivity index (χ0v) is 19.9. The quantitative estimate of drug-likeness (QED) is 0.595. The second-order valence-electron chi connectivity index (χ2n) is 8.69. The van der Waals surface area contributed by atoms with Gasteiger partial charge in [-0.15, -0.1) is 11.3 Å². The number of hydrogen-bond donors (Lipinski definition) is 1. The van der Waals surface area contributed by atoms with E-state index in [0.29, 0.717) is 12.8 Å². The lowest BCUT2D eigenvalue weighted by Crippen LogP contribution is -2.55. The van der Waals surface area contributed by atoms with Crippen LogP contribution in [0.5, 0.6) is 0 Å². The number of pyridine rings is 1. The third-order valence-electron chi connectivity index (χ3n) is 6.85. The number of fused-ring (bicyclic) bond motifs is 3. The molecule has 8 nitrogen and oxygen atoms in total. The Morgan fingerprint density at radius 1 is 1.21 bits per heavy atom. The van der Waals surface area contributed by atoms with Gasteiger partial charge in [-0.05, 0) is 56.5 Å². The number of thiazole rings is 1. The molecule has 2 aliphatic heterocycles. The van der Waals surface area contributed by atoms with Gasteiger partial charge in [-0.3, -0.25) is 9.78 Å². The van der Waals surface area contributed by atoms with Crippen molar-refractivity contribution in [3.8, 4) is 0 Å². The van der Waals surface area contributed by atoms with Crippen molar-refractivity contribution in [3.05, 3.63) is 53.8 Å². The Balaban J connectivity index is 1.57. The average Bonchev–Trinajstić information content (AvgIpc) is 3.30. The molecule has 1 N–H and O–H groups in total. The minimum absolute atomic E-state index is 0.159. The normalized spacial score (nSPS) is 25.2. The summed E-state index contributed by atoms with van der Waals surface area (Å²) < 4.78 is 30.0. The van der Waals surface area contributed by atoms with E-state index in [1.165, 1.54) is 15.6 Å². The van der Waals surface area contributed by atoms with Crippen molar-refractivity contribution in [2.24, 2.45) is 5.92 Å². The SMILES string of the molecule is C[C@@H](c1ccccn1)N1C[C@H](CO)[C@H]2CCC[C@@H](C1=O)N2S(=O)(=O)c1ccc2ncsc2c1. The Labute approximate surface area is 196 Å². The van der Waals surface area contributed by atoms with Gasteiger partial charge >= 0.3 is 0 Å². The van der Waals surface area contributed by atoms with E-state index in [4.69, 9.17) is 0 Å². The predicted octanol–water partition coefficient (Wildman–Crippen LogP) is 2.82. The van der Waals surface area contributed by atoms with Crippen molar-refractivity contribution in [1.82, 2.24) is 19.2 Å². The fourth-order valence-corrected chi connectivity index (χ4v) is 7.82. The topological polar surface area (TPSA) is 104 Å². The second-order valence-corrected chi connectivity index (χ2v) is 11.4. The van der Waals surface area contributed by atoms with Crippen molar-refractivity contribution in [2.45, 2.75) is 49.2 Å². The van der Waals surface area contributed by atoms with Crippen LogP contribution in [0.4, 0.5) is 0 Å². The lowest BCUT2D eigenvalue weighted by Gasteiger charge is -2.40. The molecule has 2 aliphatic rings. The van der Waals surface area contributed by atoms with Crippen molar-refractivity contribution >= 4 is 37.5 Å². The van der Waals surface area contributed by atoms with Crippen molar-refractivity contribution < 1.29 is 18.3 Å². The van der Waals surface area contributed by atoms with Crippen LogP contribution in [0.1, 0.15) is 37.9 Å². The molecule has 0 radical (unpaired) electrons. The Bertz CT molecular complexity index is 1260. The van der Waals surface area contributed by atoms with E-state index in [2.05, 4.69) is 9.97 Å². The third kappa shape index (κ3) is 3.84. The summed E-state index contributed by atoms with van der Waals surface area (Å²) in [5, 5.41) is 10.3. The highest BCUT2D eigenvalue weighted by molar-refractivity contribution is 7.89. The summed E-state index contributed by atoms with van der Waals surface area (Å²) in [4.78, 5) is 24.3. The van der Waals surface area contributed by atoms with Gasteiger partial charge in [0.05, 0.1) is 32.4 Å². The van der Waals surface area contributed by atoms with Crippen LogP contribution in [-0.2, 0) is 14.8 Å². The maximum Gasteiger partial charge on any atom is 0.244 e. The summed E-state index contributed by atoms with van der Waals surface area (Å²) in [6.45, 7) is 1.99. The second kappa shape index (κ2) is 8.75. The Morgan fingerprint density at radius 3 is 2.82 bits per heavy atom. The molecule has 1 aromatic carbocycles. The van der Waals surface area contributed by atoms with E-state index in [-0.39, 0.29) is 35.9 Å². The molecule has 1 amide bonds. The number of aromatic nitrogens is 2. The zero-order chi connectivity index (χ0) is 23.2. The fourth-order valence-electron chi connectivity index (χ4n) is 5.11. The molecule has 4 atom stereocenters. The summed E-state index contributed by atoms with van der Waals surface area (Å²) in [7, 11) is -3.97. The van der Waals surface area contributed by atoms with Crippen molar-refractivity contribution in [1.29, 1.82) is 0 Å². The van der Waals surface area contributed by atoms with E-state index in [1.807, 2.05) is 25.1 Å². The van der Waals surface area contributed by atoms with Crippen LogP contribution in [0, 0.1) is 5.92 Å². The van der Waals surface area contributed by atoms with Crippen LogP contribution in [0.15, 0.2) is 53.0 Å². The molecule has 2 fully saturated rings. The largest absolute Gasteiger partial charge is 0.396 e. The molecular formula is C23H26N4O4S2.